The molecule has 1 aliphatic rings. The van der Waals surface area contributed by atoms with Gasteiger partial charge in [-0.25, -0.2) is 8.42 Å². The Morgan fingerprint density at radius 3 is 2.50 bits per heavy atom. The summed E-state index contributed by atoms with van der Waals surface area (Å²) < 4.78 is 36.1. The molecule has 0 unspecified atom stereocenters. The highest BCUT2D eigenvalue weighted by Crippen LogP contribution is 2.04. The van der Waals surface area contributed by atoms with Crippen LogP contribution in [0.5, 0.6) is 0 Å². The summed E-state index contributed by atoms with van der Waals surface area (Å²) in [6.45, 7) is 2.21. The van der Waals surface area contributed by atoms with Crippen molar-refractivity contribution in [1.82, 2.24) is 0 Å². The second-order valence-electron chi connectivity index (χ2n) is 2.89. The van der Waals surface area contributed by atoms with Crippen LogP contribution in [0.4, 0.5) is 0 Å². The van der Waals surface area contributed by atoms with E-state index in [0.717, 1.165) is 0 Å². The van der Waals surface area contributed by atoms with Gasteiger partial charge in [0, 0.05) is 10.7 Å². The second-order valence-corrected chi connectivity index (χ2v) is 5.78. The van der Waals surface area contributed by atoms with E-state index in [-0.39, 0.29) is 18.5 Å². The molecule has 0 spiro atoms. The number of hydrogen-bond donors (Lipinski definition) is 0. The predicted molar refractivity (Wildman–Crippen MR) is 51.0 cm³/mol. The van der Waals surface area contributed by atoms with E-state index < -0.39 is 9.05 Å². The summed E-state index contributed by atoms with van der Waals surface area (Å²) in [5.74, 6) is -0.166. The zero-order valence-electron chi connectivity index (χ0n) is 7.65. The maximum absolute atomic E-state index is 10.5. The molecule has 1 heterocycles. The summed E-state index contributed by atoms with van der Waals surface area (Å²) in [6, 6.07) is 0. The quantitative estimate of drug-likeness (QED) is 0.466. The van der Waals surface area contributed by atoms with Crippen molar-refractivity contribution in [3.63, 3.8) is 0 Å². The van der Waals surface area contributed by atoms with E-state index in [0.29, 0.717) is 26.4 Å². The molecule has 0 amide bonds. The van der Waals surface area contributed by atoms with Crippen LogP contribution in [0.1, 0.15) is 0 Å². The third-order valence-corrected chi connectivity index (χ3v) is 2.78. The van der Waals surface area contributed by atoms with E-state index >= 15 is 0 Å². The zero-order chi connectivity index (χ0) is 10.4. The molecule has 0 aromatic carbocycles. The van der Waals surface area contributed by atoms with Crippen LogP contribution < -0.4 is 0 Å². The van der Waals surface area contributed by atoms with Crippen molar-refractivity contribution in [3.05, 3.63) is 0 Å². The molecule has 1 rings (SSSR count). The summed E-state index contributed by atoms with van der Waals surface area (Å²) in [5.41, 5.74) is 0. The Morgan fingerprint density at radius 1 is 1.29 bits per heavy atom. The molecule has 0 bridgehead atoms. The van der Waals surface area contributed by atoms with Gasteiger partial charge in [0.1, 0.15) is 6.10 Å². The maximum Gasteiger partial charge on any atom is 0.234 e. The van der Waals surface area contributed by atoms with E-state index in [1.807, 2.05) is 0 Å². The van der Waals surface area contributed by atoms with Crippen LogP contribution >= 0.6 is 10.7 Å². The normalized spacial score (nSPS) is 18.1. The van der Waals surface area contributed by atoms with Gasteiger partial charge in [-0.2, -0.15) is 0 Å². The molecular weight excluding hydrogens is 232 g/mol. The summed E-state index contributed by atoms with van der Waals surface area (Å²) >= 11 is 0. The molecule has 84 valence electrons. The largest absolute Gasteiger partial charge is 0.378 e. The molecule has 7 heteroatoms. The van der Waals surface area contributed by atoms with Gasteiger partial charge in [-0.3, -0.25) is 0 Å². The molecule has 1 aliphatic heterocycles. The van der Waals surface area contributed by atoms with Crippen molar-refractivity contribution in [1.29, 1.82) is 0 Å². The number of ether oxygens (including phenoxy) is 3. The van der Waals surface area contributed by atoms with Crippen molar-refractivity contribution in [3.8, 4) is 0 Å². The minimum absolute atomic E-state index is 0.107. The fourth-order valence-electron chi connectivity index (χ4n) is 0.845. The second kappa shape index (κ2) is 5.87. The van der Waals surface area contributed by atoms with Crippen LogP contribution in [0, 0.1) is 0 Å². The monoisotopic (exact) mass is 244 g/mol. The van der Waals surface area contributed by atoms with Gasteiger partial charge in [-0.1, -0.05) is 0 Å². The van der Waals surface area contributed by atoms with Gasteiger partial charge in [0.25, 0.3) is 0 Å². The summed E-state index contributed by atoms with van der Waals surface area (Å²) in [6.07, 6.45) is 0.176. The topological polar surface area (TPSA) is 61.8 Å². The fourth-order valence-corrected chi connectivity index (χ4v) is 1.35. The molecular formula is C7H13ClO5S. The molecule has 5 nitrogen and oxygen atoms in total. The van der Waals surface area contributed by atoms with E-state index in [9.17, 15) is 8.42 Å². The van der Waals surface area contributed by atoms with Crippen LogP contribution in [-0.2, 0) is 23.3 Å². The third-order valence-electron chi connectivity index (χ3n) is 1.66. The van der Waals surface area contributed by atoms with Gasteiger partial charge < -0.3 is 14.2 Å². The van der Waals surface area contributed by atoms with Crippen LogP contribution in [0.3, 0.4) is 0 Å². The average molecular weight is 245 g/mol. The SMILES string of the molecule is O=S(=O)(Cl)CCOCCOC1COC1. The van der Waals surface area contributed by atoms with E-state index in [1.165, 1.54) is 0 Å². The van der Waals surface area contributed by atoms with Gasteiger partial charge in [0.2, 0.25) is 9.05 Å². The van der Waals surface area contributed by atoms with Gasteiger partial charge in [-0.15, -0.1) is 0 Å². The smallest absolute Gasteiger partial charge is 0.234 e. The minimum atomic E-state index is -3.43. The average Bonchev–Trinajstić information content (AvgIpc) is 1.97. The minimum Gasteiger partial charge on any atom is -0.378 e. The summed E-state index contributed by atoms with van der Waals surface area (Å²) in [5, 5.41) is 0. The molecule has 0 radical (unpaired) electrons. The Balaban J connectivity index is 1.84. The van der Waals surface area contributed by atoms with Gasteiger partial charge in [0.15, 0.2) is 0 Å². The highest BCUT2D eigenvalue weighted by Gasteiger charge is 2.18. The lowest BCUT2D eigenvalue weighted by Gasteiger charge is -2.25. The molecule has 0 aromatic heterocycles. The molecule has 14 heavy (non-hydrogen) atoms. The Bertz CT molecular complexity index is 249. The highest BCUT2D eigenvalue weighted by atomic mass is 35.7. The first-order chi connectivity index (χ1) is 6.58. The Kier molecular flexibility index (Phi) is 5.11. The first kappa shape index (κ1) is 12.2. The van der Waals surface area contributed by atoms with Crippen LogP contribution in [-0.4, -0.2) is 53.3 Å². The number of hydrogen-bond acceptors (Lipinski definition) is 5. The molecule has 0 saturated carbocycles. The highest BCUT2D eigenvalue weighted by molar-refractivity contribution is 8.13. The van der Waals surface area contributed by atoms with E-state index in [2.05, 4.69) is 0 Å². The number of halogens is 1. The van der Waals surface area contributed by atoms with E-state index in [1.54, 1.807) is 0 Å². The van der Waals surface area contributed by atoms with Gasteiger partial charge in [0.05, 0.1) is 38.8 Å². The molecule has 0 aliphatic carbocycles. The third kappa shape index (κ3) is 5.77. The first-order valence-electron chi connectivity index (χ1n) is 4.27. The molecule has 0 atom stereocenters. The Morgan fingerprint density at radius 2 is 2.00 bits per heavy atom. The van der Waals surface area contributed by atoms with Crippen molar-refractivity contribution >= 4 is 19.7 Å². The van der Waals surface area contributed by atoms with Crippen molar-refractivity contribution in [2.75, 3.05) is 38.8 Å². The van der Waals surface area contributed by atoms with E-state index in [4.69, 9.17) is 24.9 Å². The zero-order valence-corrected chi connectivity index (χ0v) is 9.22. The molecule has 1 fully saturated rings. The van der Waals surface area contributed by atoms with Crippen molar-refractivity contribution in [2.45, 2.75) is 6.10 Å². The predicted octanol–water partition coefficient (Wildman–Crippen LogP) is -0.0130. The lowest BCUT2D eigenvalue weighted by atomic mass is 10.3. The number of rotatable bonds is 7. The Labute approximate surface area is 87.7 Å². The molecule has 0 aromatic rings. The van der Waals surface area contributed by atoms with Gasteiger partial charge in [-0.05, 0) is 0 Å². The van der Waals surface area contributed by atoms with Gasteiger partial charge >= 0.3 is 0 Å². The standard InChI is InChI=1S/C7H13ClO5S/c8-14(9,10)4-3-11-1-2-13-7-5-12-6-7/h7H,1-6H2. The first-order valence-corrected chi connectivity index (χ1v) is 6.75. The van der Waals surface area contributed by atoms with Crippen LogP contribution in [0.15, 0.2) is 0 Å². The summed E-state index contributed by atoms with van der Waals surface area (Å²) in [4.78, 5) is 0. The van der Waals surface area contributed by atoms with Crippen LogP contribution in [0.25, 0.3) is 0 Å². The van der Waals surface area contributed by atoms with Crippen LogP contribution in [0.2, 0.25) is 0 Å². The lowest BCUT2D eigenvalue weighted by Crippen LogP contribution is -2.36. The lowest BCUT2D eigenvalue weighted by molar-refractivity contribution is -0.136. The maximum atomic E-state index is 10.5. The summed E-state index contributed by atoms with van der Waals surface area (Å²) in [7, 11) is 1.54. The Hall–Kier alpha value is 0.120. The van der Waals surface area contributed by atoms with Crippen molar-refractivity contribution < 1.29 is 22.6 Å². The fraction of sp³-hybridized carbons (Fsp3) is 1.00. The molecule has 1 saturated heterocycles. The molecule has 0 N–H and O–H groups in total. The van der Waals surface area contributed by atoms with Crippen molar-refractivity contribution in [2.24, 2.45) is 0 Å².